The molecule has 2 aromatic carbocycles. The molecular weight excluding hydrogens is 238 g/mol. The third-order valence-electron chi connectivity index (χ3n) is 2.63. The molecule has 0 bridgehead atoms. The van der Waals surface area contributed by atoms with E-state index in [1.54, 1.807) is 24.3 Å². The van der Waals surface area contributed by atoms with Gasteiger partial charge in [-0.2, -0.15) is 5.26 Å². The zero-order valence-corrected chi connectivity index (χ0v) is 10.8. The molecule has 0 spiro atoms. The zero-order chi connectivity index (χ0) is 13.5. The maximum Gasteiger partial charge on any atom is 0.122 e. The molecule has 96 valence electrons. The van der Waals surface area contributed by atoms with Crippen molar-refractivity contribution in [3.63, 3.8) is 0 Å². The lowest BCUT2D eigenvalue weighted by molar-refractivity contribution is 0.217. The minimum Gasteiger partial charge on any atom is -0.490 e. The third kappa shape index (κ3) is 4.04. The van der Waals surface area contributed by atoms with E-state index in [-0.39, 0.29) is 0 Å². The lowest BCUT2D eigenvalue weighted by atomic mass is 10.2. The van der Waals surface area contributed by atoms with Crippen molar-refractivity contribution in [2.24, 2.45) is 0 Å². The lowest BCUT2D eigenvalue weighted by Gasteiger charge is -2.08. The van der Waals surface area contributed by atoms with Crippen LogP contribution < -0.4 is 9.47 Å². The normalized spacial score (nSPS) is 9.68. The monoisotopic (exact) mass is 253 g/mol. The van der Waals surface area contributed by atoms with Gasteiger partial charge in [0.05, 0.1) is 11.6 Å². The van der Waals surface area contributed by atoms with Crippen molar-refractivity contribution >= 4 is 0 Å². The summed E-state index contributed by atoms with van der Waals surface area (Å²) >= 11 is 0. The second-order valence-corrected chi connectivity index (χ2v) is 4.15. The Balaban J connectivity index is 1.74. The minimum atomic E-state index is 0.472. The Morgan fingerprint density at radius 2 is 1.32 bits per heavy atom. The molecule has 0 radical (unpaired) electrons. The van der Waals surface area contributed by atoms with Gasteiger partial charge in [-0.15, -0.1) is 0 Å². The SMILES string of the molecule is Cc1ccc(OCCOc2ccc(C#N)cc2)cc1. The third-order valence-corrected chi connectivity index (χ3v) is 2.63. The van der Waals surface area contributed by atoms with Crippen molar-refractivity contribution in [1.82, 2.24) is 0 Å². The number of benzene rings is 2. The van der Waals surface area contributed by atoms with Gasteiger partial charge in [0.1, 0.15) is 24.7 Å². The van der Waals surface area contributed by atoms with Crippen molar-refractivity contribution in [3.8, 4) is 17.6 Å². The highest BCUT2D eigenvalue weighted by atomic mass is 16.5. The molecule has 0 aliphatic rings. The van der Waals surface area contributed by atoms with Crippen LogP contribution >= 0.6 is 0 Å². The molecule has 2 rings (SSSR count). The van der Waals surface area contributed by atoms with Crippen LogP contribution in [0.5, 0.6) is 11.5 Å². The smallest absolute Gasteiger partial charge is 0.122 e. The molecule has 0 heterocycles. The molecule has 3 nitrogen and oxygen atoms in total. The highest BCUT2D eigenvalue weighted by molar-refractivity contribution is 5.34. The molecule has 0 unspecified atom stereocenters. The number of ether oxygens (including phenoxy) is 2. The Kier molecular flexibility index (Phi) is 4.41. The van der Waals surface area contributed by atoms with E-state index < -0.39 is 0 Å². The van der Waals surface area contributed by atoms with E-state index in [0.29, 0.717) is 18.8 Å². The molecule has 0 aromatic heterocycles. The van der Waals surface area contributed by atoms with E-state index >= 15 is 0 Å². The van der Waals surface area contributed by atoms with Crippen LogP contribution in [0.2, 0.25) is 0 Å². The molecule has 2 aromatic rings. The van der Waals surface area contributed by atoms with E-state index in [1.807, 2.05) is 31.2 Å². The first-order valence-electron chi connectivity index (χ1n) is 6.10. The van der Waals surface area contributed by atoms with Crippen LogP contribution in [0.4, 0.5) is 0 Å². The second kappa shape index (κ2) is 6.46. The van der Waals surface area contributed by atoms with Crippen molar-refractivity contribution in [2.75, 3.05) is 13.2 Å². The zero-order valence-electron chi connectivity index (χ0n) is 10.8. The van der Waals surface area contributed by atoms with Crippen LogP contribution in [0.1, 0.15) is 11.1 Å². The first kappa shape index (κ1) is 13.0. The molecule has 0 aliphatic carbocycles. The summed E-state index contributed by atoms with van der Waals surface area (Å²) in [6, 6.07) is 17.0. The van der Waals surface area contributed by atoms with E-state index in [2.05, 4.69) is 6.07 Å². The highest BCUT2D eigenvalue weighted by Crippen LogP contribution is 2.13. The molecule has 0 amide bonds. The van der Waals surface area contributed by atoms with Crippen molar-refractivity contribution in [2.45, 2.75) is 6.92 Å². The van der Waals surface area contributed by atoms with E-state index in [1.165, 1.54) is 5.56 Å². The fourth-order valence-electron chi connectivity index (χ4n) is 1.58. The summed E-state index contributed by atoms with van der Waals surface area (Å²) in [6.45, 7) is 3.00. The molecule has 0 fully saturated rings. The fraction of sp³-hybridized carbons (Fsp3) is 0.188. The molecule has 0 saturated heterocycles. The Morgan fingerprint density at radius 3 is 1.79 bits per heavy atom. The number of aryl methyl sites for hydroxylation is 1. The largest absolute Gasteiger partial charge is 0.490 e. The highest BCUT2D eigenvalue weighted by Gasteiger charge is 1.96. The first-order valence-corrected chi connectivity index (χ1v) is 6.10. The van der Waals surface area contributed by atoms with Gasteiger partial charge >= 0.3 is 0 Å². The number of nitriles is 1. The summed E-state index contributed by atoms with van der Waals surface area (Å²) < 4.78 is 11.1. The summed E-state index contributed by atoms with van der Waals surface area (Å²) in [7, 11) is 0. The van der Waals surface area contributed by atoms with Gasteiger partial charge in [0.25, 0.3) is 0 Å². The van der Waals surface area contributed by atoms with Crippen LogP contribution in [0, 0.1) is 18.3 Å². The maximum absolute atomic E-state index is 8.68. The number of rotatable bonds is 5. The molecule has 0 saturated carbocycles. The molecular formula is C16H15NO2. The van der Waals surface area contributed by atoms with E-state index in [9.17, 15) is 0 Å². The van der Waals surface area contributed by atoms with Gasteiger partial charge in [0, 0.05) is 0 Å². The molecule has 0 aliphatic heterocycles. The summed E-state index contributed by atoms with van der Waals surface area (Å²) in [6.07, 6.45) is 0. The van der Waals surface area contributed by atoms with Crippen LogP contribution in [0.25, 0.3) is 0 Å². The second-order valence-electron chi connectivity index (χ2n) is 4.15. The summed E-state index contributed by atoms with van der Waals surface area (Å²) in [4.78, 5) is 0. The van der Waals surface area contributed by atoms with E-state index in [4.69, 9.17) is 14.7 Å². The van der Waals surface area contributed by atoms with Gasteiger partial charge < -0.3 is 9.47 Å². The Hall–Kier alpha value is -2.47. The van der Waals surface area contributed by atoms with Crippen molar-refractivity contribution in [1.29, 1.82) is 5.26 Å². The van der Waals surface area contributed by atoms with Gasteiger partial charge in [0.2, 0.25) is 0 Å². The van der Waals surface area contributed by atoms with Gasteiger partial charge in [-0.05, 0) is 43.3 Å². The van der Waals surface area contributed by atoms with Crippen LogP contribution in [0.3, 0.4) is 0 Å². The summed E-state index contributed by atoms with van der Waals surface area (Å²) in [5.41, 5.74) is 1.84. The average molecular weight is 253 g/mol. The minimum absolute atomic E-state index is 0.472. The number of hydrogen-bond acceptors (Lipinski definition) is 3. The van der Waals surface area contributed by atoms with Gasteiger partial charge in [-0.25, -0.2) is 0 Å². The number of nitrogens with zero attached hydrogens (tertiary/aromatic N) is 1. The first-order chi connectivity index (χ1) is 9.28. The predicted molar refractivity (Wildman–Crippen MR) is 73.3 cm³/mol. The molecule has 0 N–H and O–H groups in total. The van der Waals surface area contributed by atoms with E-state index in [0.717, 1.165) is 11.5 Å². The van der Waals surface area contributed by atoms with Crippen molar-refractivity contribution in [3.05, 3.63) is 59.7 Å². The summed E-state index contributed by atoms with van der Waals surface area (Å²) in [5, 5.41) is 8.68. The average Bonchev–Trinajstić information content (AvgIpc) is 2.46. The quantitative estimate of drug-likeness (QED) is 0.767. The standard InChI is InChI=1S/C16H15NO2/c1-13-2-6-15(7-3-13)18-10-11-19-16-8-4-14(12-17)5-9-16/h2-9H,10-11H2,1H3. The maximum atomic E-state index is 8.68. The predicted octanol–water partition coefficient (Wildman–Crippen LogP) is 3.32. The molecule has 3 heteroatoms. The molecule has 19 heavy (non-hydrogen) atoms. The van der Waals surface area contributed by atoms with Gasteiger partial charge in [0.15, 0.2) is 0 Å². The fourth-order valence-corrected chi connectivity index (χ4v) is 1.58. The molecule has 0 atom stereocenters. The number of hydrogen-bond donors (Lipinski definition) is 0. The van der Waals surface area contributed by atoms with Crippen LogP contribution in [0.15, 0.2) is 48.5 Å². The Morgan fingerprint density at radius 1 is 0.842 bits per heavy atom. The lowest BCUT2D eigenvalue weighted by Crippen LogP contribution is -2.08. The van der Waals surface area contributed by atoms with Gasteiger partial charge in [-0.1, -0.05) is 17.7 Å². The van der Waals surface area contributed by atoms with Crippen molar-refractivity contribution < 1.29 is 9.47 Å². The van der Waals surface area contributed by atoms with Crippen LogP contribution in [-0.4, -0.2) is 13.2 Å². The van der Waals surface area contributed by atoms with Gasteiger partial charge in [-0.3, -0.25) is 0 Å². The summed E-state index contributed by atoms with van der Waals surface area (Å²) in [5.74, 6) is 1.58. The Labute approximate surface area is 113 Å². The Bertz CT molecular complexity index is 553. The van der Waals surface area contributed by atoms with Crippen LogP contribution in [-0.2, 0) is 0 Å². The topological polar surface area (TPSA) is 42.2 Å².